The van der Waals surface area contributed by atoms with Crippen LogP contribution in [0.3, 0.4) is 0 Å². The van der Waals surface area contributed by atoms with E-state index in [-0.39, 0.29) is 0 Å². The van der Waals surface area contributed by atoms with Gasteiger partial charge in [0.2, 0.25) is 0 Å². The van der Waals surface area contributed by atoms with Gasteiger partial charge in [-0.15, -0.1) is 0 Å². The van der Waals surface area contributed by atoms with Crippen LogP contribution in [0.15, 0.2) is 36.1 Å². The van der Waals surface area contributed by atoms with E-state index in [9.17, 15) is 0 Å². The second-order valence-electron chi connectivity index (χ2n) is 2.98. The van der Waals surface area contributed by atoms with E-state index in [1.165, 1.54) is 5.70 Å². The van der Waals surface area contributed by atoms with Gasteiger partial charge in [0.1, 0.15) is 0 Å². The van der Waals surface area contributed by atoms with Crippen LogP contribution >= 0.6 is 0 Å². The first-order valence-corrected chi connectivity index (χ1v) is 4.41. The van der Waals surface area contributed by atoms with Crippen LogP contribution in [-0.2, 0) is 0 Å². The fourth-order valence-corrected chi connectivity index (χ4v) is 0.738. The predicted molar refractivity (Wildman–Crippen MR) is 56.0 cm³/mol. The second-order valence-corrected chi connectivity index (χ2v) is 2.98. The van der Waals surface area contributed by atoms with E-state index in [4.69, 9.17) is 0 Å². The molecule has 0 aromatic carbocycles. The summed E-state index contributed by atoms with van der Waals surface area (Å²) in [6.45, 7) is 11.0. The van der Waals surface area contributed by atoms with Crippen LogP contribution in [-0.4, -0.2) is 6.54 Å². The monoisotopic (exact) mass is 165 g/mol. The second kappa shape index (κ2) is 6.71. The highest BCUT2D eigenvalue weighted by molar-refractivity contribution is 5.18. The Morgan fingerprint density at radius 2 is 2.08 bits per heavy atom. The third kappa shape index (κ3) is 7.13. The average Bonchev–Trinajstić information content (AvgIpc) is 2.00. The van der Waals surface area contributed by atoms with E-state index >= 15 is 0 Å². The molecule has 0 radical (unpaired) electrons. The third-order valence-electron chi connectivity index (χ3n) is 1.38. The molecule has 68 valence electrons. The lowest BCUT2D eigenvalue weighted by Crippen LogP contribution is -2.10. The molecule has 1 heteroatoms. The highest BCUT2D eigenvalue weighted by Crippen LogP contribution is 1.92. The summed E-state index contributed by atoms with van der Waals surface area (Å²) in [6, 6.07) is 0. The first-order chi connectivity index (χ1) is 5.66. The fourth-order valence-electron chi connectivity index (χ4n) is 0.738. The molecule has 0 saturated carbocycles. The summed E-state index contributed by atoms with van der Waals surface area (Å²) in [4.78, 5) is 0. The summed E-state index contributed by atoms with van der Waals surface area (Å²) < 4.78 is 0. The molecule has 0 amide bonds. The third-order valence-corrected chi connectivity index (χ3v) is 1.38. The van der Waals surface area contributed by atoms with Crippen LogP contribution in [0.1, 0.15) is 27.2 Å². The van der Waals surface area contributed by atoms with E-state index in [1.54, 1.807) is 0 Å². The molecule has 0 heterocycles. The maximum atomic E-state index is 3.78. The number of nitrogens with one attached hydrogen (secondary N) is 1. The van der Waals surface area contributed by atoms with Crippen molar-refractivity contribution in [3.8, 4) is 0 Å². The molecule has 1 N–H and O–H groups in total. The highest BCUT2D eigenvalue weighted by Gasteiger charge is 1.82. The molecule has 0 aliphatic heterocycles. The number of allylic oxidation sites excluding steroid dienone is 5. The van der Waals surface area contributed by atoms with Gasteiger partial charge in [-0.05, 0) is 26.3 Å². The minimum Gasteiger partial charge on any atom is -0.389 e. The Labute approximate surface area is 75.9 Å². The topological polar surface area (TPSA) is 12.0 Å². The molecule has 0 atom stereocenters. The van der Waals surface area contributed by atoms with Crippen LogP contribution in [0.25, 0.3) is 0 Å². The van der Waals surface area contributed by atoms with Crippen LogP contribution in [0.5, 0.6) is 0 Å². The SMILES string of the molecule is C=C(C)/C=C\C=C(/C)NCCC. The lowest BCUT2D eigenvalue weighted by molar-refractivity contribution is 0.770. The molecule has 0 aliphatic rings. The smallest absolute Gasteiger partial charge is 0.0141 e. The van der Waals surface area contributed by atoms with Gasteiger partial charge in [-0.1, -0.05) is 31.2 Å². The normalized spacial score (nSPS) is 12.1. The fraction of sp³-hybridized carbons (Fsp3) is 0.455. The van der Waals surface area contributed by atoms with Crippen LogP contribution in [0.4, 0.5) is 0 Å². The van der Waals surface area contributed by atoms with Crippen molar-refractivity contribution in [3.63, 3.8) is 0 Å². The minimum atomic E-state index is 1.04. The Morgan fingerprint density at radius 3 is 2.58 bits per heavy atom. The average molecular weight is 165 g/mol. The number of hydrogen-bond donors (Lipinski definition) is 1. The molecule has 0 spiro atoms. The van der Waals surface area contributed by atoms with Gasteiger partial charge in [-0.3, -0.25) is 0 Å². The molecule has 0 rings (SSSR count). The summed E-state index contributed by atoms with van der Waals surface area (Å²) in [7, 11) is 0. The molecular weight excluding hydrogens is 146 g/mol. The summed E-state index contributed by atoms with van der Waals surface area (Å²) in [5, 5.41) is 3.29. The molecule has 0 aromatic heterocycles. The molecular formula is C11H19N. The van der Waals surface area contributed by atoms with Gasteiger partial charge in [-0.25, -0.2) is 0 Å². The Kier molecular flexibility index (Phi) is 6.16. The minimum absolute atomic E-state index is 1.04. The Bertz CT molecular complexity index is 187. The zero-order valence-electron chi connectivity index (χ0n) is 8.35. The molecule has 0 aliphatic carbocycles. The van der Waals surface area contributed by atoms with Gasteiger partial charge in [-0.2, -0.15) is 0 Å². The van der Waals surface area contributed by atoms with Gasteiger partial charge in [0, 0.05) is 12.2 Å². The van der Waals surface area contributed by atoms with Gasteiger partial charge in [0.05, 0.1) is 0 Å². The van der Waals surface area contributed by atoms with E-state index in [1.807, 2.05) is 19.1 Å². The summed E-state index contributed by atoms with van der Waals surface area (Å²) in [6.07, 6.45) is 7.23. The Morgan fingerprint density at radius 1 is 1.42 bits per heavy atom. The van der Waals surface area contributed by atoms with Crippen LogP contribution in [0, 0.1) is 0 Å². The lowest BCUT2D eigenvalue weighted by Gasteiger charge is -2.01. The van der Waals surface area contributed by atoms with E-state index in [2.05, 4.69) is 31.8 Å². The Balaban J connectivity index is 3.75. The highest BCUT2D eigenvalue weighted by atomic mass is 14.9. The van der Waals surface area contributed by atoms with Crippen LogP contribution in [0.2, 0.25) is 0 Å². The molecule has 0 saturated heterocycles. The maximum absolute atomic E-state index is 3.78. The van der Waals surface area contributed by atoms with E-state index in [0.717, 1.165) is 18.5 Å². The molecule has 12 heavy (non-hydrogen) atoms. The van der Waals surface area contributed by atoms with Crippen molar-refractivity contribution < 1.29 is 0 Å². The standard InChI is InChI=1S/C11H19N/c1-5-9-12-11(4)8-6-7-10(2)3/h6-8,12H,2,5,9H2,1,3-4H3/b7-6-,11-8+. The van der Waals surface area contributed by atoms with Gasteiger partial charge in [0.15, 0.2) is 0 Å². The van der Waals surface area contributed by atoms with E-state index < -0.39 is 0 Å². The number of rotatable bonds is 5. The molecule has 0 fully saturated rings. The van der Waals surface area contributed by atoms with Gasteiger partial charge >= 0.3 is 0 Å². The van der Waals surface area contributed by atoms with Crippen LogP contribution < -0.4 is 5.32 Å². The lowest BCUT2D eigenvalue weighted by atomic mass is 10.3. The van der Waals surface area contributed by atoms with Gasteiger partial charge < -0.3 is 5.32 Å². The zero-order valence-corrected chi connectivity index (χ0v) is 8.35. The quantitative estimate of drug-likeness (QED) is 0.617. The largest absolute Gasteiger partial charge is 0.389 e. The summed E-state index contributed by atoms with van der Waals surface area (Å²) >= 11 is 0. The van der Waals surface area contributed by atoms with Crippen molar-refractivity contribution >= 4 is 0 Å². The van der Waals surface area contributed by atoms with E-state index in [0.29, 0.717) is 0 Å². The van der Waals surface area contributed by atoms with Crippen molar-refractivity contribution in [2.45, 2.75) is 27.2 Å². The summed E-state index contributed by atoms with van der Waals surface area (Å²) in [5.41, 5.74) is 2.28. The van der Waals surface area contributed by atoms with Crippen molar-refractivity contribution in [2.24, 2.45) is 0 Å². The van der Waals surface area contributed by atoms with Crippen molar-refractivity contribution in [2.75, 3.05) is 6.54 Å². The number of hydrogen-bond acceptors (Lipinski definition) is 1. The molecule has 0 unspecified atom stereocenters. The predicted octanol–water partition coefficient (Wildman–Crippen LogP) is 3.02. The Hall–Kier alpha value is -0.980. The van der Waals surface area contributed by atoms with Gasteiger partial charge in [0.25, 0.3) is 0 Å². The van der Waals surface area contributed by atoms with Crippen molar-refractivity contribution in [3.05, 3.63) is 36.1 Å². The van der Waals surface area contributed by atoms with Crippen molar-refractivity contribution in [1.82, 2.24) is 5.32 Å². The molecule has 0 aromatic rings. The molecule has 1 nitrogen and oxygen atoms in total. The molecule has 0 bridgehead atoms. The summed E-state index contributed by atoms with van der Waals surface area (Å²) in [5.74, 6) is 0. The maximum Gasteiger partial charge on any atom is 0.0141 e. The first kappa shape index (κ1) is 11.0. The zero-order chi connectivity index (χ0) is 9.40. The first-order valence-electron chi connectivity index (χ1n) is 4.41. The van der Waals surface area contributed by atoms with Crippen molar-refractivity contribution in [1.29, 1.82) is 0 Å².